The van der Waals surface area contributed by atoms with E-state index in [1.54, 1.807) is 23.1 Å². The molecule has 1 aliphatic carbocycles. The second-order valence-corrected chi connectivity index (χ2v) is 15.7. The predicted molar refractivity (Wildman–Crippen MR) is 172 cm³/mol. The highest BCUT2D eigenvalue weighted by Gasteiger charge is 2.44. The predicted octanol–water partition coefficient (Wildman–Crippen LogP) is 5.17. The third-order valence-electron chi connectivity index (χ3n) is 9.73. The molecule has 4 aliphatic rings. The fraction of sp³-hybridized carbons (Fsp3) is 0.485. The van der Waals surface area contributed by atoms with Gasteiger partial charge in [-0.3, -0.25) is 4.79 Å². The van der Waals surface area contributed by atoms with Gasteiger partial charge >= 0.3 is 5.97 Å². The van der Waals surface area contributed by atoms with Crippen molar-refractivity contribution in [3.05, 3.63) is 59.1 Å². The van der Waals surface area contributed by atoms with Gasteiger partial charge in [0.15, 0.2) is 0 Å². The maximum atomic E-state index is 14.0. The van der Waals surface area contributed by atoms with Gasteiger partial charge in [-0.25, -0.2) is 18.2 Å². The van der Waals surface area contributed by atoms with Crippen molar-refractivity contribution < 1.29 is 27.9 Å². The standard InChI is InChI=1S/C33H38N4O6S2/c1-21-7-9-23(10-8-21)29-15-27(32(44-29)33(39)40)37-28(22-5-3-2-4-6-22)19-36(20-31(37)38)45(41,42)26-13-14-30(34-16-26)35-17-24-11-12-25(18-35)43-24/h7-10,13-16,22,24-25,28H,2-6,11-12,17-20H2,1H3,(H,39,40)/t24?,25?,28-/m0/s1. The maximum Gasteiger partial charge on any atom is 0.348 e. The number of aryl methyl sites for hydroxylation is 1. The van der Waals surface area contributed by atoms with E-state index < -0.39 is 27.9 Å². The minimum Gasteiger partial charge on any atom is -0.477 e. The van der Waals surface area contributed by atoms with Crippen LogP contribution in [0.1, 0.15) is 60.2 Å². The lowest BCUT2D eigenvalue weighted by Gasteiger charge is -2.44. The first-order chi connectivity index (χ1) is 21.7. The van der Waals surface area contributed by atoms with Gasteiger partial charge in [0.1, 0.15) is 15.6 Å². The van der Waals surface area contributed by atoms with Crippen molar-refractivity contribution in [3.63, 3.8) is 0 Å². The number of carbonyl (C=O) groups is 2. The monoisotopic (exact) mass is 650 g/mol. The van der Waals surface area contributed by atoms with Crippen molar-refractivity contribution in [2.45, 2.75) is 75.0 Å². The smallest absolute Gasteiger partial charge is 0.348 e. The summed E-state index contributed by atoms with van der Waals surface area (Å²) in [7, 11) is -4.03. The van der Waals surface area contributed by atoms with E-state index in [-0.39, 0.29) is 41.0 Å². The zero-order valence-electron chi connectivity index (χ0n) is 25.3. The molecule has 1 amide bonds. The summed E-state index contributed by atoms with van der Waals surface area (Å²) >= 11 is 1.15. The van der Waals surface area contributed by atoms with Crippen LogP contribution >= 0.6 is 11.3 Å². The molecule has 3 saturated heterocycles. The summed E-state index contributed by atoms with van der Waals surface area (Å²) in [6, 6.07) is 12.5. The number of thiophene rings is 1. The summed E-state index contributed by atoms with van der Waals surface area (Å²) in [6.45, 7) is 3.20. The number of ether oxygens (including phenoxy) is 1. The highest BCUT2D eigenvalue weighted by atomic mass is 32.2. The summed E-state index contributed by atoms with van der Waals surface area (Å²) in [5, 5.41) is 10.2. The average Bonchev–Trinajstić information content (AvgIpc) is 3.64. The number of morpholine rings is 1. The molecule has 3 aliphatic heterocycles. The van der Waals surface area contributed by atoms with E-state index in [1.165, 1.54) is 10.5 Å². The molecule has 238 valence electrons. The molecule has 2 unspecified atom stereocenters. The number of aromatic nitrogens is 1. The number of carboxylic acids is 1. The Bertz CT molecular complexity index is 1670. The highest BCUT2D eigenvalue weighted by Crippen LogP contribution is 2.42. The first-order valence-electron chi connectivity index (χ1n) is 15.8. The molecule has 2 bridgehead atoms. The van der Waals surface area contributed by atoms with Crippen LogP contribution < -0.4 is 9.80 Å². The first kappa shape index (κ1) is 30.3. The fourth-order valence-corrected chi connectivity index (χ4v) is 9.73. The van der Waals surface area contributed by atoms with Crippen LogP contribution in [-0.2, 0) is 19.6 Å². The van der Waals surface area contributed by atoms with Crippen LogP contribution in [0, 0.1) is 12.8 Å². The van der Waals surface area contributed by atoms with Crippen LogP contribution in [0.25, 0.3) is 10.4 Å². The van der Waals surface area contributed by atoms with Crippen LogP contribution in [0.5, 0.6) is 0 Å². The summed E-state index contributed by atoms with van der Waals surface area (Å²) in [5.74, 6) is -0.733. The van der Waals surface area contributed by atoms with Gasteiger partial charge in [0.2, 0.25) is 15.9 Å². The second-order valence-electron chi connectivity index (χ2n) is 12.7. The number of nitrogens with zero attached hydrogens (tertiary/aromatic N) is 4. The van der Waals surface area contributed by atoms with Gasteiger partial charge in [0.25, 0.3) is 0 Å². The Hall–Kier alpha value is -3.32. The summed E-state index contributed by atoms with van der Waals surface area (Å²) in [5.41, 5.74) is 2.32. The van der Waals surface area contributed by atoms with Crippen molar-refractivity contribution in [2.75, 3.05) is 36.0 Å². The van der Waals surface area contributed by atoms with Crippen molar-refractivity contribution in [1.29, 1.82) is 0 Å². The topological polar surface area (TPSA) is 120 Å². The largest absolute Gasteiger partial charge is 0.477 e. The normalized spacial score (nSPS) is 24.7. The third kappa shape index (κ3) is 5.89. The third-order valence-corrected chi connectivity index (χ3v) is 12.7. The molecule has 5 heterocycles. The van der Waals surface area contributed by atoms with Gasteiger partial charge in [-0.1, -0.05) is 49.1 Å². The van der Waals surface area contributed by atoms with E-state index >= 15 is 0 Å². The van der Waals surface area contributed by atoms with Crippen LogP contribution in [-0.4, -0.2) is 79.1 Å². The number of amides is 1. The molecule has 1 N–H and O–H groups in total. The van der Waals surface area contributed by atoms with Crippen molar-refractivity contribution >= 4 is 44.7 Å². The number of fused-ring (bicyclic) bond motifs is 2. The van der Waals surface area contributed by atoms with Gasteiger partial charge in [0, 0.05) is 30.7 Å². The molecule has 12 heteroatoms. The Morgan fingerprint density at radius 3 is 2.33 bits per heavy atom. The molecular formula is C33H38N4O6S2. The van der Waals surface area contributed by atoms with Crippen LogP contribution in [0.2, 0.25) is 0 Å². The van der Waals surface area contributed by atoms with Gasteiger partial charge in [-0.2, -0.15) is 4.31 Å². The summed E-state index contributed by atoms with van der Waals surface area (Å²) < 4.78 is 35.2. The number of sulfonamides is 1. The minimum atomic E-state index is -4.03. The highest BCUT2D eigenvalue weighted by molar-refractivity contribution is 7.89. The molecule has 2 aromatic heterocycles. The lowest BCUT2D eigenvalue weighted by atomic mass is 9.82. The van der Waals surface area contributed by atoms with E-state index in [1.807, 2.05) is 31.2 Å². The molecule has 4 fully saturated rings. The number of rotatable bonds is 7. The number of hydrogen-bond donors (Lipinski definition) is 1. The molecule has 3 atom stereocenters. The van der Waals surface area contributed by atoms with E-state index in [2.05, 4.69) is 9.88 Å². The average molecular weight is 651 g/mol. The van der Waals surface area contributed by atoms with Crippen molar-refractivity contribution in [3.8, 4) is 10.4 Å². The van der Waals surface area contributed by atoms with Crippen LogP contribution in [0.15, 0.2) is 53.6 Å². The lowest BCUT2D eigenvalue weighted by Crippen LogP contribution is -2.60. The Kier molecular flexibility index (Phi) is 8.18. The van der Waals surface area contributed by atoms with Gasteiger partial charge in [-0.05, 0) is 62.3 Å². The molecule has 10 nitrogen and oxygen atoms in total. The number of hydrogen-bond acceptors (Lipinski definition) is 8. The second kappa shape index (κ2) is 12.1. The number of carbonyl (C=O) groups excluding carboxylic acids is 1. The van der Waals surface area contributed by atoms with Crippen molar-refractivity contribution in [1.82, 2.24) is 9.29 Å². The number of carboxylic acid groups (broad SMARTS) is 1. The molecule has 0 spiro atoms. The zero-order valence-corrected chi connectivity index (χ0v) is 26.9. The Morgan fingerprint density at radius 1 is 0.978 bits per heavy atom. The Morgan fingerprint density at radius 2 is 1.69 bits per heavy atom. The molecular weight excluding hydrogens is 613 g/mol. The number of piperazine rings is 1. The molecule has 45 heavy (non-hydrogen) atoms. The Labute approximate surface area is 267 Å². The maximum absolute atomic E-state index is 14.0. The van der Waals surface area contributed by atoms with Crippen molar-refractivity contribution in [2.24, 2.45) is 5.92 Å². The van der Waals surface area contributed by atoms with E-state index in [9.17, 15) is 23.1 Å². The number of anilines is 2. The number of pyridine rings is 1. The van der Waals surface area contributed by atoms with Crippen LogP contribution in [0.3, 0.4) is 0 Å². The molecule has 7 rings (SSSR count). The minimum absolute atomic E-state index is 0.0505. The SMILES string of the molecule is Cc1ccc(-c2cc(N3C(=O)CN(S(=O)(=O)c4ccc(N5CC6CCC(C5)O6)nc4)C[C@H]3C3CCCCC3)c(C(=O)O)s2)cc1. The van der Waals surface area contributed by atoms with E-state index in [4.69, 9.17) is 4.74 Å². The summed E-state index contributed by atoms with van der Waals surface area (Å²) in [4.78, 5) is 35.7. The van der Waals surface area contributed by atoms with Gasteiger partial charge in [-0.15, -0.1) is 11.3 Å². The first-order valence-corrected chi connectivity index (χ1v) is 18.1. The number of benzene rings is 1. The quantitative estimate of drug-likeness (QED) is 0.372. The fourth-order valence-electron chi connectivity index (χ4n) is 7.38. The molecule has 1 saturated carbocycles. The molecule has 3 aromatic rings. The molecule has 0 radical (unpaired) electrons. The van der Waals surface area contributed by atoms with E-state index in [0.717, 1.165) is 91.2 Å². The van der Waals surface area contributed by atoms with Gasteiger partial charge in [0.05, 0.1) is 30.5 Å². The summed E-state index contributed by atoms with van der Waals surface area (Å²) in [6.07, 6.45) is 8.63. The number of aromatic carboxylic acids is 1. The Balaban J connectivity index is 1.19. The van der Waals surface area contributed by atoms with E-state index in [0.29, 0.717) is 5.69 Å². The van der Waals surface area contributed by atoms with Crippen LogP contribution in [0.4, 0.5) is 11.5 Å². The molecule has 1 aromatic carbocycles. The zero-order chi connectivity index (χ0) is 31.3. The van der Waals surface area contributed by atoms with Gasteiger partial charge < -0.3 is 19.6 Å². The lowest BCUT2D eigenvalue weighted by molar-refractivity contribution is -0.121.